The van der Waals surface area contributed by atoms with Crippen LogP contribution >= 0.6 is 0 Å². The van der Waals surface area contributed by atoms with Crippen molar-refractivity contribution in [2.45, 2.75) is 24.2 Å². The minimum Gasteiger partial charge on any atom is -0.505 e. The number of aromatic hydroxyl groups is 1. The summed E-state index contributed by atoms with van der Waals surface area (Å²) < 4.78 is 52.0. The van der Waals surface area contributed by atoms with Crippen LogP contribution in [0.1, 0.15) is 18.4 Å². The van der Waals surface area contributed by atoms with E-state index in [-0.39, 0.29) is 12.1 Å². The van der Waals surface area contributed by atoms with Gasteiger partial charge in [-0.15, -0.1) is 0 Å². The molecule has 2 nitrogen and oxygen atoms in total. The zero-order chi connectivity index (χ0) is 12.8. The molecule has 0 heterocycles. The summed E-state index contributed by atoms with van der Waals surface area (Å²) in [4.78, 5) is 0. The normalized spacial score (nSPS) is 21.0. The van der Waals surface area contributed by atoms with Crippen molar-refractivity contribution in [3.05, 3.63) is 29.3 Å². The van der Waals surface area contributed by atoms with Crippen LogP contribution in [0, 0.1) is 11.6 Å². The maximum absolute atomic E-state index is 13.1. The summed E-state index contributed by atoms with van der Waals surface area (Å²) in [7, 11) is 0. The second kappa shape index (κ2) is 3.60. The fourth-order valence-electron chi connectivity index (χ4n) is 2.35. The first-order chi connectivity index (χ1) is 7.80. The molecule has 94 valence electrons. The number of phenols is 1. The van der Waals surface area contributed by atoms with Crippen LogP contribution in [-0.2, 0) is 5.41 Å². The Hall–Kier alpha value is -1.30. The summed E-state index contributed by atoms with van der Waals surface area (Å²) in [5.74, 6) is -5.78. The van der Waals surface area contributed by atoms with Crippen molar-refractivity contribution in [1.29, 1.82) is 0 Å². The number of hydrogen-bond donors (Lipinski definition) is 2. The van der Waals surface area contributed by atoms with E-state index in [2.05, 4.69) is 0 Å². The first-order valence-corrected chi connectivity index (χ1v) is 5.06. The third-order valence-corrected chi connectivity index (χ3v) is 3.18. The van der Waals surface area contributed by atoms with Gasteiger partial charge in [0.25, 0.3) is 0 Å². The molecule has 0 unspecified atom stereocenters. The second-order valence-electron chi connectivity index (χ2n) is 4.48. The highest BCUT2D eigenvalue weighted by Crippen LogP contribution is 2.55. The topological polar surface area (TPSA) is 46.2 Å². The number of hydrogen-bond acceptors (Lipinski definition) is 2. The van der Waals surface area contributed by atoms with Crippen LogP contribution in [0.5, 0.6) is 5.75 Å². The molecular formula is C11H11F4NO. The van der Waals surface area contributed by atoms with E-state index in [0.29, 0.717) is 6.07 Å². The van der Waals surface area contributed by atoms with Gasteiger partial charge in [-0.2, -0.15) is 0 Å². The number of nitrogens with two attached hydrogens (primary N) is 1. The minimum atomic E-state index is -2.89. The Bertz CT molecular complexity index is 453. The molecule has 1 aromatic carbocycles. The van der Waals surface area contributed by atoms with Crippen LogP contribution in [0.4, 0.5) is 17.6 Å². The number of benzene rings is 1. The van der Waals surface area contributed by atoms with Gasteiger partial charge in [0.15, 0.2) is 11.6 Å². The molecule has 1 fully saturated rings. The lowest BCUT2D eigenvalue weighted by atomic mass is 9.62. The van der Waals surface area contributed by atoms with Gasteiger partial charge in [-0.25, -0.2) is 17.6 Å². The zero-order valence-electron chi connectivity index (χ0n) is 8.81. The van der Waals surface area contributed by atoms with Crippen LogP contribution in [0.2, 0.25) is 0 Å². The maximum atomic E-state index is 13.1. The summed E-state index contributed by atoms with van der Waals surface area (Å²) in [6.07, 6.45) is -1.21. The van der Waals surface area contributed by atoms with Crippen molar-refractivity contribution in [1.82, 2.24) is 0 Å². The molecule has 2 rings (SSSR count). The third-order valence-electron chi connectivity index (χ3n) is 3.18. The smallest absolute Gasteiger partial charge is 0.250 e. The molecule has 17 heavy (non-hydrogen) atoms. The minimum absolute atomic E-state index is 0.177. The zero-order valence-corrected chi connectivity index (χ0v) is 8.81. The van der Waals surface area contributed by atoms with Crippen LogP contribution in [-0.4, -0.2) is 17.6 Å². The van der Waals surface area contributed by atoms with Crippen molar-refractivity contribution in [3.63, 3.8) is 0 Å². The first-order valence-electron chi connectivity index (χ1n) is 5.06. The SMILES string of the molecule is NCC1(c2cc(F)cc(F)c2O)CC(F)(F)C1. The Balaban J connectivity index is 2.46. The Labute approximate surface area is 95.0 Å². The molecule has 0 amide bonds. The van der Waals surface area contributed by atoms with Crippen LogP contribution in [0.15, 0.2) is 12.1 Å². The average Bonchev–Trinajstić information content (AvgIpc) is 2.19. The van der Waals surface area contributed by atoms with Crippen molar-refractivity contribution >= 4 is 0 Å². The number of halogens is 4. The fraction of sp³-hybridized carbons (Fsp3) is 0.455. The Morgan fingerprint density at radius 2 is 1.82 bits per heavy atom. The van der Waals surface area contributed by atoms with Crippen LogP contribution < -0.4 is 5.73 Å². The van der Waals surface area contributed by atoms with Gasteiger partial charge in [0.2, 0.25) is 5.92 Å². The summed E-state index contributed by atoms with van der Waals surface area (Å²) in [6.45, 7) is -0.195. The quantitative estimate of drug-likeness (QED) is 0.790. The number of rotatable bonds is 2. The van der Waals surface area contributed by atoms with Gasteiger partial charge in [0.05, 0.1) is 0 Å². The Kier molecular flexibility index (Phi) is 2.57. The lowest BCUT2D eigenvalue weighted by molar-refractivity contribution is -0.124. The highest BCUT2D eigenvalue weighted by atomic mass is 19.3. The van der Waals surface area contributed by atoms with E-state index in [1.54, 1.807) is 0 Å². The standard InChI is InChI=1S/C11H11F4NO/c12-6-1-7(9(17)8(13)2-6)10(5-16)3-11(14,15)4-10/h1-2,17H,3-5,16H2. The Morgan fingerprint density at radius 1 is 1.24 bits per heavy atom. The van der Waals surface area contributed by atoms with Crippen molar-refractivity contribution in [3.8, 4) is 5.75 Å². The van der Waals surface area contributed by atoms with E-state index in [0.717, 1.165) is 6.07 Å². The summed E-state index contributed by atoms with van der Waals surface area (Å²) in [5, 5.41) is 9.48. The van der Waals surface area contributed by atoms with Gasteiger partial charge in [0.1, 0.15) is 5.82 Å². The van der Waals surface area contributed by atoms with E-state index >= 15 is 0 Å². The molecule has 1 aliphatic rings. The number of phenolic OH excluding ortho intramolecular Hbond substituents is 1. The van der Waals surface area contributed by atoms with E-state index in [1.807, 2.05) is 0 Å². The highest BCUT2D eigenvalue weighted by molar-refractivity contribution is 5.43. The van der Waals surface area contributed by atoms with Gasteiger partial charge < -0.3 is 10.8 Å². The average molecular weight is 249 g/mol. The second-order valence-corrected chi connectivity index (χ2v) is 4.48. The third kappa shape index (κ3) is 1.86. The molecule has 1 aromatic rings. The Morgan fingerprint density at radius 3 is 2.29 bits per heavy atom. The molecule has 1 saturated carbocycles. The monoisotopic (exact) mass is 249 g/mol. The number of alkyl halides is 2. The molecule has 3 N–H and O–H groups in total. The van der Waals surface area contributed by atoms with E-state index in [4.69, 9.17) is 5.73 Å². The molecule has 0 aromatic heterocycles. The lowest BCUT2D eigenvalue weighted by Crippen LogP contribution is -2.53. The predicted octanol–water partition coefficient (Wildman–Crippen LogP) is 2.30. The highest BCUT2D eigenvalue weighted by Gasteiger charge is 2.57. The maximum Gasteiger partial charge on any atom is 0.250 e. The molecular weight excluding hydrogens is 238 g/mol. The van der Waals surface area contributed by atoms with Gasteiger partial charge in [0, 0.05) is 36.4 Å². The van der Waals surface area contributed by atoms with E-state index in [9.17, 15) is 22.7 Å². The first kappa shape index (κ1) is 12.2. The van der Waals surface area contributed by atoms with Crippen LogP contribution in [0.3, 0.4) is 0 Å². The van der Waals surface area contributed by atoms with E-state index < -0.39 is 41.6 Å². The molecule has 1 aliphatic carbocycles. The lowest BCUT2D eigenvalue weighted by Gasteiger charge is -2.47. The summed E-state index contributed by atoms with van der Waals surface area (Å²) in [5.41, 5.74) is 3.98. The van der Waals surface area contributed by atoms with Crippen molar-refractivity contribution < 1.29 is 22.7 Å². The van der Waals surface area contributed by atoms with Gasteiger partial charge in [-0.05, 0) is 6.07 Å². The molecule has 0 aliphatic heterocycles. The van der Waals surface area contributed by atoms with E-state index in [1.165, 1.54) is 0 Å². The molecule has 6 heteroatoms. The molecule has 0 spiro atoms. The van der Waals surface area contributed by atoms with Crippen LogP contribution in [0.25, 0.3) is 0 Å². The molecule has 0 bridgehead atoms. The molecule has 0 atom stereocenters. The molecule has 0 radical (unpaired) electrons. The van der Waals surface area contributed by atoms with Gasteiger partial charge >= 0.3 is 0 Å². The van der Waals surface area contributed by atoms with Gasteiger partial charge in [-0.1, -0.05) is 0 Å². The predicted molar refractivity (Wildman–Crippen MR) is 52.9 cm³/mol. The fourth-order valence-corrected chi connectivity index (χ4v) is 2.35. The molecule has 0 saturated heterocycles. The largest absolute Gasteiger partial charge is 0.505 e. The van der Waals surface area contributed by atoms with Crippen molar-refractivity contribution in [2.75, 3.05) is 6.54 Å². The van der Waals surface area contributed by atoms with Gasteiger partial charge in [-0.3, -0.25) is 0 Å². The van der Waals surface area contributed by atoms with Crippen molar-refractivity contribution in [2.24, 2.45) is 5.73 Å². The summed E-state index contributed by atoms with van der Waals surface area (Å²) in [6, 6.07) is 1.36. The summed E-state index contributed by atoms with van der Waals surface area (Å²) >= 11 is 0.